The molecule has 3 aromatic carbocycles. The zero-order chi connectivity index (χ0) is 30.6. The molecule has 6 nitrogen and oxygen atoms in total. The van der Waals surface area contributed by atoms with Crippen LogP contribution in [0.2, 0.25) is 0 Å². The van der Waals surface area contributed by atoms with Gasteiger partial charge < -0.3 is 5.32 Å². The highest BCUT2D eigenvalue weighted by atomic mass is 19.1. The molecule has 0 unspecified atom stereocenters. The van der Waals surface area contributed by atoms with Gasteiger partial charge in [0.05, 0.1) is 6.04 Å². The highest BCUT2D eigenvalue weighted by Crippen LogP contribution is 2.21. The molecule has 0 aliphatic heterocycles. The zero-order valence-electron chi connectivity index (χ0n) is 24.3. The predicted molar refractivity (Wildman–Crippen MR) is 159 cm³/mol. The molecule has 7 heteroatoms. The number of rotatable bonds is 16. The topological polar surface area (TPSA) is 97.4 Å². The van der Waals surface area contributed by atoms with E-state index < -0.39 is 41.2 Å². The summed E-state index contributed by atoms with van der Waals surface area (Å²) < 4.78 is 13.4. The highest BCUT2D eigenvalue weighted by molar-refractivity contribution is 6.38. The van der Waals surface area contributed by atoms with Gasteiger partial charge in [-0.1, -0.05) is 86.6 Å². The summed E-state index contributed by atoms with van der Waals surface area (Å²) in [5.74, 6) is -4.44. The van der Waals surface area contributed by atoms with Crippen LogP contribution < -0.4 is 5.32 Å². The lowest BCUT2D eigenvalue weighted by Gasteiger charge is -2.23. The van der Waals surface area contributed by atoms with Crippen molar-refractivity contribution in [3.8, 4) is 0 Å². The van der Waals surface area contributed by atoms with Crippen molar-refractivity contribution in [3.05, 3.63) is 107 Å². The van der Waals surface area contributed by atoms with Gasteiger partial charge in [0, 0.05) is 36.7 Å². The quantitative estimate of drug-likeness (QED) is 0.174. The molecule has 0 spiro atoms. The molecule has 1 amide bonds. The van der Waals surface area contributed by atoms with E-state index >= 15 is 0 Å². The minimum absolute atomic E-state index is 0.0626. The third-order valence-corrected chi connectivity index (χ3v) is 7.46. The van der Waals surface area contributed by atoms with E-state index in [9.17, 15) is 28.4 Å². The second-order valence-corrected chi connectivity index (χ2v) is 11.0. The minimum Gasteiger partial charge on any atom is -0.346 e. The normalized spacial score (nSPS) is 13.2. The fraction of sp³-hybridized carbons (Fsp3) is 0.343. The van der Waals surface area contributed by atoms with Crippen LogP contribution in [0.5, 0.6) is 0 Å². The second kappa shape index (κ2) is 15.7. The van der Waals surface area contributed by atoms with Crippen LogP contribution in [-0.2, 0) is 32.0 Å². The first kappa shape index (κ1) is 32.3. The number of aryl methyl sites for hydroxylation is 1. The van der Waals surface area contributed by atoms with E-state index in [1.807, 2.05) is 30.3 Å². The largest absolute Gasteiger partial charge is 0.346 e. The first-order valence-corrected chi connectivity index (χ1v) is 14.3. The number of nitrogens with one attached hydrogen (secondary N) is 1. The molecule has 0 aliphatic carbocycles. The molecule has 3 rings (SSSR count). The van der Waals surface area contributed by atoms with Crippen LogP contribution >= 0.6 is 0 Å². The number of hydrogen-bond acceptors (Lipinski definition) is 5. The van der Waals surface area contributed by atoms with E-state index in [-0.39, 0.29) is 43.2 Å². The third kappa shape index (κ3) is 9.68. The fourth-order valence-electron chi connectivity index (χ4n) is 4.80. The Kier molecular flexibility index (Phi) is 12.0. The minimum atomic E-state index is -0.937. The summed E-state index contributed by atoms with van der Waals surface area (Å²) in [6.07, 6.45) is 0.396. The fourth-order valence-corrected chi connectivity index (χ4v) is 4.80. The molecule has 0 aliphatic rings. The Morgan fingerprint density at radius 1 is 0.738 bits per heavy atom. The summed E-state index contributed by atoms with van der Waals surface area (Å²) in [5.41, 5.74) is 2.10. The molecule has 3 atom stereocenters. The standard InChI is InChI=1S/C35H38FNO5/c1-23(2)30(34(41)31(38)19-16-25-10-6-4-7-11-25)22-32(39)24(3)37-35(42)28(20-26-14-17-29(36)18-15-26)21-33(40)27-12-8-5-9-13-27/h4-15,17-18,23-24,28,30H,16,19-22H2,1-3H3,(H,37,42)/t24-,28-,30-/m0/s1. The van der Waals surface area contributed by atoms with Crippen molar-refractivity contribution in [2.24, 2.45) is 17.8 Å². The maximum Gasteiger partial charge on any atom is 0.224 e. The van der Waals surface area contributed by atoms with Crippen LogP contribution in [0.15, 0.2) is 84.9 Å². The highest BCUT2D eigenvalue weighted by Gasteiger charge is 2.32. The maximum atomic E-state index is 13.4. The molecule has 1 N–H and O–H groups in total. The van der Waals surface area contributed by atoms with Gasteiger partial charge in [-0.2, -0.15) is 0 Å². The first-order chi connectivity index (χ1) is 20.0. The lowest BCUT2D eigenvalue weighted by molar-refractivity contribution is -0.141. The number of amides is 1. The summed E-state index contributed by atoms with van der Waals surface area (Å²) in [4.78, 5) is 65.2. The number of carbonyl (C=O) groups is 5. The van der Waals surface area contributed by atoms with Crippen molar-refractivity contribution in [2.45, 2.75) is 58.9 Å². The van der Waals surface area contributed by atoms with E-state index in [0.29, 0.717) is 17.5 Å². The van der Waals surface area contributed by atoms with Crippen LogP contribution in [0.4, 0.5) is 4.39 Å². The summed E-state index contributed by atoms with van der Waals surface area (Å²) in [6.45, 7) is 5.11. The van der Waals surface area contributed by atoms with E-state index in [1.165, 1.54) is 19.1 Å². The number of ketones is 4. The molecular weight excluding hydrogens is 533 g/mol. The molecule has 0 bridgehead atoms. The van der Waals surface area contributed by atoms with Crippen LogP contribution in [0.25, 0.3) is 0 Å². The zero-order valence-corrected chi connectivity index (χ0v) is 24.3. The second-order valence-electron chi connectivity index (χ2n) is 11.0. The number of halogens is 1. The molecule has 0 radical (unpaired) electrons. The molecule has 0 aromatic heterocycles. The van der Waals surface area contributed by atoms with Crippen molar-refractivity contribution in [1.82, 2.24) is 5.32 Å². The van der Waals surface area contributed by atoms with Crippen LogP contribution in [-0.4, -0.2) is 35.1 Å². The first-order valence-electron chi connectivity index (χ1n) is 14.3. The maximum absolute atomic E-state index is 13.4. The van der Waals surface area contributed by atoms with Gasteiger partial charge in [0.1, 0.15) is 5.82 Å². The SMILES string of the molecule is CC(C)[C@H](CC(=O)[C@H](C)NC(=O)[C@H](CC(=O)c1ccccc1)Cc1ccc(F)cc1)C(=O)C(=O)CCc1ccccc1. The number of Topliss-reactive ketones (excluding diaryl/α,β-unsaturated/α-hetero) is 4. The smallest absolute Gasteiger partial charge is 0.224 e. The van der Waals surface area contributed by atoms with E-state index in [0.717, 1.165) is 5.56 Å². The summed E-state index contributed by atoms with van der Waals surface area (Å²) in [7, 11) is 0. The van der Waals surface area contributed by atoms with E-state index in [1.54, 1.807) is 56.3 Å². The van der Waals surface area contributed by atoms with Gasteiger partial charge in [0.25, 0.3) is 0 Å². The average molecular weight is 572 g/mol. The third-order valence-electron chi connectivity index (χ3n) is 7.46. The van der Waals surface area contributed by atoms with Gasteiger partial charge >= 0.3 is 0 Å². The average Bonchev–Trinajstić information content (AvgIpc) is 2.99. The van der Waals surface area contributed by atoms with Crippen molar-refractivity contribution in [3.63, 3.8) is 0 Å². The Bertz CT molecular complexity index is 1370. The molecule has 0 saturated carbocycles. The Morgan fingerprint density at radius 3 is 1.93 bits per heavy atom. The van der Waals surface area contributed by atoms with Crippen molar-refractivity contribution in [1.29, 1.82) is 0 Å². The molecular formula is C35H38FNO5. The number of carbonyl (C=O) groups excluding carboxylic acids is 5. The van der Waals surface area contributed by atoms with Crippen LogP contribution in [0.3, 0.4) is 0 Å². The lowest BCUT2D eigenvalue weighted by Crippen LogP contribution is -2.44. The van der Waals surface area contributed by atoms with Gasteiger partial charge in [0.2, 0.25) is 11.7 Å². The van der Waals surface area contributed by atoms with Crippen LogP contribution in [0, 0.1) is 23.6 Å². The Morgan fingerprint density at radius 2 is 1.33 bits per heavy atom. The van der Waals surface area contributed by atoms with E-state index in [2.05, 4.69) is 5.32 Å². The van der Waals surface area contributed by atoms with Crippen molar-refractivity contribution < 1.29 is 28.4 Å². The molecule has 0 saturated heterocycles. The van der Waals surface area contributed by atoms with E-state index in [4.69, 9.17) is 0 Å². The molecule has 0 fully saturated rings. The van der Waals surface area contributed by atoms with Crippen LogP contribution in [0.1, 0.15) is 61.5 Å². The van der Waals surface area contributed by atoms with Gasteiger partial charge in [-0.05, 0) is 48.9 Å². The molecule has 220 valence electrons. The number of hydrogen-bond donors (Lipinski definition) is 1. The summed E-state index contributed by atoms with van der Waals surface area (Å²) in [6, 6.07) is 22.8. The molecule has 42 heavy (non-hydrogen) atoms. The van der Waals surface area contributed by atoms with Gasteiger partial charge in [-0.3, -0.25) is 24.0 Å². The van der Waals surface area contributed by atoms with Gasteiger partial charge in [-0.15, -0.1) is 0 Å². The van der Waals surface area contributed by atoms with Gasteiger partial charge in [-0.25, -0.2) is 4.39 Å². The lowest BCUT2D eigenvalue weighted by atomic mass is 9.83. The molecule has 3 aromatic rings. The van der Waals surface area contributed by atoms with Crippen molar-refractivity contribution >= 4 is 29.0 Å². The monoisotopic (exact) mass is 571 g/mol. The Balaban J connectivity index is 1.65. The van der Waals surface area contributed by atoms with Crippen molar-refractivity contribution in [2.75, 3.05) is 0 Å². The Labute approximate surface area is 246 Å². The Hall–Kier alpha value is -4.26. The number of benzene rings is 3. The molecule has 0 heterocycles. The summed E-state index contributed by atoms with van der Waals surface area (Å²) >= 11 is 0. The summed E-state index contributed by atoms with van der Waals surface area (Å²) in [5, 5.41) is 2.72. The van der Waals surface area contributed by atoms with Gasteiger partial charge in [0.15, 0.2) is 17.3 Å². The predicted octanol–water partition coefficient (Wildman–Crippen LogP) is 5.76.